The molecule has 0 bridgehead atoms. The van der Waals surface area contributed by atoms with Crippen LogP contribution >= 0.6 is 11.6 Å². The van der Waals surface area contributed by atoms with E-state index in [4.69, 9.17) is 11.6 Å². The molecular weight excluding hydrogens is 294 g/mol. The Balaban J connectivity index is 2.27. The largest absolute Gasteiger partial charge is 0.360 e. The minimum absolute atomic E-state index is 0.210. The third-order valence-corrected chi connectivity index (χ3v) is 5.35. The van der Waals surface area contributed by atoms with E-state index in [-0.39, 0.29) is 9.79 Å². The number of hydrogen-bond acceptors (Lipinski definition) is 2. The quantitative estimate of drug-likeness (QED) is 0.779. The van der Waals surface area contributed by atoms with Gasteiger partial charge < -0.3 is 4.98 Å². The van der Waals surface area contributed by atoms with Gasteiger partial charge in [0.1, 0.15) is 0 Å². The summed E-state index contributed by atoms with van der Waals surface area (Å²) in [5, 5.41) is 0.962. The lowest BCUT2D eigenvalue weighted by Gasteiger charge is -2.04. The molecule has 2 aromatic carbocycles. The highest BCUT2D eigenvalue weighted by molar-refractivity contribution is 7.91. The lowest BCUT2D eigenvalue weighted by molar-refractivity contribution is 0.597. The Morgan fingerprint density at radius 2 is 1.75 bits per heavy atom. The Labute approximate surface area is 122 Å². The summed E-state index contributed by atoms with van der Waals surface area (Å²) in [7, 11) is -3.58. The maximum absolute atomic E-state index is 12.7. The standard InChI is InChI=1S/C15H12ClNO2S/c1-10-5-7-11(8-6-10)20(18,19)14-9-17-13-4-2-3-12(16)15(13)14/h2-9,17H,1H3. The molecule has 20 heavy (non-hydrogen) atoms. The van der Waals surface area contributed by atoms with Crippen molar-refractivity contribution in [1.82, 2.24) is 4.98 Å². The fourth-order valence-electron chi connectivity index (χ4n) is 2.17. The van der Waals surface area contributed by atoms with Crippen molar-refractivity contribution in [3.63, 3.8) is 0 Å². The number of aromatic amines is 1. The number of sulfone groups is 1. The molecule has 0 amide bonds. The van der Waals surface area contributed by atoms with E-state index in [9.17, 15) is 8.42 Å². The second-order valence-electron chi connectivity index (χ2n) is 4.63. The number of H-pyrrole nitrogens is 1. The summed E-state index contributed by atoms with van der Waals surface area (Å²) in [5.41, 5.74) is 1.73. The van der Waals surface area contributed by atoms with Gasteiger partial charge in [-0.25, -0.2) is 8.42 Å². The third-order valence-electron chi connectivity index (χ3n) is 3.24. The van der Waals surface area contributed by atoms with Crippen LogP contribution in [0.2, 0.25) is 5.02 Å². The van der Waals surface area contributed by atoms with Gasteiger partial charge in [-0.2, -0.15) is 0 Å². The molecule has 0 fully saturated rings. The van der Waals surface area contributed by atoms with Crippen molar-refractivity contribution in [2.45, 2.75) is 16.7 Å². The first-order valence-electron chi connectivity index (χ1n) is 6.07. The molecule has 1 N–H and O–H groups in total. The summed E-state index contributed by atoms with van der Waals surface area (Å²) in [6.45, 7) is 1.92. The number of rotatable bonds is 2. The smallest absolute Gasteiger partial charge is 0.208 e. The van der Waals surface area contributed by atoms with Crippen molar-refractivity contribution >= 4 is 32.3 Å². The van der Waals surface area contributed by atoms with Gasteiger partial charge in [0.05, 0.1) is 14.8 Å². The Hall–Kier alpha value is -1.78. The van der Waals surface area contributed by atoms with E-state index < -0.39 is 9.84 Å². The van der Waals surface area contributed by atoms with Crippen LogP contribution in [0.1, 0.15) is 5.56 Å². The summed E-state index contributed by atoms with van der Waals surface area (Å²) in [6, 6.07) is 12.1. The van der Waals surface area contributed by atoms with E-state index in [2.05, 4.69) is 4.98 Å². The van der Waals surface area contributed by atoms with Gasteiger partial charge in [-0.15, -0.1) is 0 Å². The first-order chi connectivity index (χ1) is 9.50. The summed E-state index contributed by atoms with van der Waals surface area (Å²) >= 11 is 6.14. The second kappa shape index (κ2) is 4.65. The monoisotopic (exact) mass is 305 g/mol. The Morgan fingerprint density at radius 1 is 1.05 bits per heavy atom. The fraction of sp³-hybridized carbons (Fsp3) is 0.0667. The van der Waals surface area contributed by atoms with Crippen LogP contribution in [-0.4, -0.2) is 13.4 Å². The van der Waals surface area contributed by atoms with Crippen LogP contribution in [-0.2, 0) is 9.84 Å². The molecule has 3 nitrogen and oxygen atoms in total. The van der Waals surface area contributed by atoms with Crippen molar-refractivity contribution < 1.29 is 8.42 Å². The van der Waals surface area contributed by atoms with Gasteiger partial charge in [-0.05, 0) is 31.2 Å². The second-order valence-corrected chi connectivity index (χ2v) is 6.96. The highest BCUT2D eigenvalue weighted by Gasteiger charge is 2.22. The molecule has 0 unspecified atom stereocenters. The van der Waals surface area contributed by atoms with Crippen molar-refractivity contribution in [2.75, 3.05) is 0 Å². The number of benzene rings is 2. The van der Waals surface area contributed by atoms with Crippen LogP contribution in [0.4, 0.5) is 0 Å². The lowest BCUT2D eigenvalue weighted by atomic mass is 10.2. The fourth-order valence-corrected chi connectivity index (χ4v) is 3.95. The topological polar surface area (TPSA) is 49.9 Å². The SMILES string of the molecule is Cc1ccc(S(=O)(=O)c2c[nH]c3cccc(Cl)c23)cc1. The Bertz CT molecular complexity index is 880. The van der Waals surface area contributed by atoms with Gasteiger partial charge >= 0.3 is 0 Å². The average Bonchev–Trinajstić information content (AvgIpc) is 2.85. The number of fused-ring (bicyclic) bond motifs is 1. The molecule has 0 saturated carbocycles. The molecule has 0 saturated heterocycles. The maximum atomic E-state index is 12.7. The molecule has 0 radical (unpaired) electrons. The van der Waals surface area contributed by atoms with Crippen molar-refractivity contribution in [1.29, 1.82) is 0 Å². The summed E-state index contributed by atoms with van der Waals surface area (Å²) in [4.78, 5) is 3.43. The zero-order valence-electron chi connectivity index (χ0n) is 10.7. The first kappa shape index (κ1) is 13.2. The zero-order valence-corrected chi connectivity index (χ0v) is 12.3. The molecular formula is C15H12ClNO2S. The first-order valence-corrected chi connectivity index (χ1v) is 7.93. The molecule has 0 aliphatic carbocycles. The van der Waals surface area contributed by atoms with Gasteiger partial charge in [0, 0.05) is 17.1 Å². The molecule has 102 valence electrons. The predicted octanol–water partition coefficient (Wildman–Crippen LogP) is 3.96. The van der Waals surface area contributed by atoms with Crippen LogP contribution in [0.25, 0.3) is 10.9 Å². The molecule has 3 rings (SSSR count). The zero-order chi connectivity index (χ0) is 14.3. The number of halogens is 1. The summed E-state index contributed by atoms with van der Waals surface area (Å²) < 4.78 is 25.4. The normalized spacial score (nSPS) is 11.9. The Morgan fingerprint density at radius 3 is 2.45 bits per heavy atom. The maximum Gasteiger partial charge on any atom is 0.208 e. The number of aromatic nitrogens is 1. The van der Waals surface area contributed by atoms with Crippen molar-refractivity contribution in [3.8, 4) is 0 Å². The molecule has 1 aromatic heterocycles. The predicted molar refractivity (Wildman–Crippen MR) is 79.9 cm³/mol. The Kier molecular flexibility index (Phi) is 3.07. The molecule has 0 aliphatic rings. The van der Waals surface area contributed by atoms with E-state index in [0.29, 0.717) is 15.9 Å². The van der Waals surface area contributed by atoms with E-state index in [0.717, 1.165) is 5.56 Å². The molecule has 0 atom stereocenters. The molecule has 0 spiro atoms. The summed E-state index contributed by atoms with van der Waals surface area (Å²) in [6.07, 6.45) is 1.49. The van der Waals surface area contributed by atoms with Crippen LogP contribution in [0.15, 0.2) is 58.5 Å². The molecule has 5 heteroatoms. The minimum Gasteiger partial charge on any atom is -0.360 e. The molecule has 1 heterocycles. The van der Waals surface area contributed by atoms with Crippen LogP contribution in [0.3, 0.4) is 0 Å². The summed E-state index contributed by atoms with van der Waals surface area (Å²) in [5.74, 6) is 0. The molecule has 3 aromatic rings. The van der Waals surface area contributed by atoms with Gasteiger partial charge in [0.2, 0.25) is 9.84 Å². The van der Waals surface area contributed by atoms with Crippen LogP contribution in [0.5, 0.6) is 0 Å². The highest BCUT2D eigenvalue weighted by Crippen LogP contribution is 2.32. The van der Waals surface area contributed by atoms with E-state index >= 15 is 0 Å². The van der Waals surface area contributed by atoms with Gasteiger partial charge in [-0.1, -0.05) is 35.4 Å². The average molecular weight is 306 g/mol. The van der Waals surface area contributed by atoms with Crippen molar-refractivity contribution in [2.24, 2.45) is 0 Å². The van der Waals surface area contributed by atoms with Crippen LogP contribution in [0, 0.1) is 6.92 Å². The number of hydrogen-bond donors (Lipinski definition) is 1. The number of nitrogens with one attached hydrogen (secondary N) is 1. The lowest BCUT2D eigenvalue weighted by Crippen LogP contribution is -2.01. The van der Waals surface area contributed by atoms with E-state index in [1.54, 1.807) is 42.5 Å². The van der Waals surface area contributed by atoms with Gasteiger partial charge in [0.25, 0.3) is 0 Å². The number of aryl methyl sites for hydroxylation is 1. The van der Waals surface area contributed by atoms with Crippen molar-refractivity contribution in [3.05, 3.63) is 59.2 Å². The van der Waals surface area contributed by atoms with E-state index in [1.807, 2.05) is 6.92 Å². The van der Waals surface area contributed by atoms with Gasteiger partial charge in [0.15, 0.2) is 0 Å². The minimum atomic E-state index is -3.58. The van der Waals surface area contributed by atoms with Gasteiger partial charge in [-0.3, -0.25) is 0 Å². The van der Waals surface area contributed by atoms with Crippen LogP contribution < -0.4 is 0 Å². The van der Waals surface area contributed by atoms with E-state index in [1.165, 1.54) is 6.20 Å². The third kappa shape index (κ3) is 2.01. The molecule has 0 aliphatic heterocycles. The highest BCUT2D eigenvalue weighted by atomic mass is 35.5.